The van der Waals surface area contributed by atoms with Gasteiger partial charge in [0.1, 0.15) is 16.6 Å². The highest BCUT2D eigenvalue weighted by molar-refractivity contribution is 14.0. The molecular weight excluding hydrogens is 469 g/mol. The molecule has 0 amide bonds. The summed E-state index contributed by atoms with van der Waals surface area (Å²) in [7, 11) is 0. The number of nitrogens with zero attached hydrogens (tertiary/aromatic N) is 2. The van der Waals surface area contributed by atoms with Crippen LogP contribution in [0.2, 0.25) is 0 Å². The molecule has 1 aromatic carbocycles. The molecule has 0 atom stereocenters. The third-order valence-corrected chi connectivity index (χ3v) is 4.46. The van der Waals surface area contributed by atoms with Crippen LogP contribution in [0.3, 0.4) is 0 Å². The van der Waals surface area contributed by atoms with Crippen LogP contribution in [0, 0.1) is 11.6 Å². The Kier molecular flexibility index (Phi) is 10.0. The van der Waals surface area contributed by atoms with Gasteiger partial charge >= 0.3 is 0 Å². The van der Waals surface area contributed by atoms with Crippen LogP contribution in [0.25, 0.3) is 0 Å². The van der Waals surface area contributed by atoms with Crippen molar-refractivity contribution in [3.63, 3.8) is 0 Å². The van der Waals surface area contributed by atoms with E-state index in [4.69, 9.17) is 0 Å². The van der Waals surface area contributed by atoms with Crippen LogP contribution in [0.5, 0.6) is 0 Å². The molecule has 0 saturated carbocycles. The smallest absolute Gasteiger partial charge is 0.191 e. The van der Waals surface area contributed by atoms with Gasteiger partial charge in [-0.15, -0.1) is 35.3 Å². The second-order valence-electron chi connectivity index (χ2n) is 5.89. The Morgan fingerprint density at radius 3 is 2.50 bits per heavy atom. The van der Waals surface area contributed by atoms with Crippen molar-refractivity contribution in [2.24, 2.45) is 4.99 Å². The van der Waals surface area contributed by atoms with Crippen molar-refractivity contribution in [3.8, 4) is 0 Å². The summed E-state index contributed by atoms with van der Waals surface area (Å²) < 4.78 is 27.3. The monoisotopic (exact) mass is 494 g/mol. The lowest BCUT2D eigenvalue weighted by Gasteiger charge is -2.11. The molecule has 2 N–H and O–H groups in total. The van der Waals surface area contributed by atoms with E-state index in [0.29, 0.717) is 31.5 Å². The van der Waals surface area contributed by atoms with E-state index in [2.05, 4.69) is 39.8 Å². The van der Waals surface area contributed by atoms with Crippen LogP contribution in [0.4, 0.5) is 8.78 Å². The van der Waals surface area contributed by atoms with E-state index >= 15 is 0 Å². The minimum absolute atomic E-state index is 0. The van der Waals surface area contributed by atoms with Crippen molar-refractivity contribution in [2.75, 3.05) is 13.1 Å². The Morgan fingerprint density at radius 1 is 1.23 bits per heavy atom. The summed E-state index contributed by atoms with van der Waals surface area (Å²) in [6.45, 7) is 7.74. The number of rotatable bonds is 7. The summed E-state index contributed by atoms with van der Waals surface area (Å²) in [5, 5.41) is 9.23. The number of thiazole rings is 1. The van der Waals surface area contributed by atoms with Crippen LogP contribution >= 0.6 is 35.3 Å². The summed E-state index contributed by atoms with van der Waals surface area (Å²) >= 11 is 1.59. The Labute approximate surface area is 174 Å². The molecular formula is C18H25F2IN4S. The molecule has 1 aromatic heterocycles. The topological polar surface area (TPSA) is 49.3 Å². The normalized spacial score (nSPS) is 11.4. The Bertz CT molecular complexity index is 699. The van der Waals surface area contributed by atoms with Gasteiger partial charge in [-0.3, -0.25) is 0 Å². The van der Waals surface area contributed by atoms with Crippen molar-refractivity contribution in [3.05, 3.63) is 51.5 Å². The summed E-state index contributed by atoms with van der Waals surface area (Å²) in [5.74, 6) is -0.0305. The van der Waals surface area contributed by atoms with Crippen LogP contribution < -0.4 is 10.6 Å². The average Bonchev–Trinajstić information content (AvgIpc) is 3.04. The highest BCUT2D eigenvalue weighted by Gasteiger charge is 2.09. The van der Waals surface area contributed by atoms with Crippen LogP contribution in [0.15, 0.2) is 28.6 Å². The number of hydrogen-bond acceptors (Lipinski definition) is 3. The molecule has 0 aliphatic rings. The average molecular weight is 494 g/mol. The number of hydrogen-bond donors (Lipinski definition) is 2. The van der Waals surface area contributed by atoms with E-state index in [1.807, 2.05) is 6.92 Å². The van der Waals surface area contributed by atoms with Gasteiger partial charge in [0.05, 0.1) is 12.2 Å². The van der Waals surface area contributed by atoms with E-state index in [1.165, 1.54) is 18.2 Å². The van der Waals surface area contributed by atoms with E-state index < -0.39 is 11.6 Å². The minimum Gasteiger partial charge on any atom is -0.357 e. The van der Waals surface area contributed by atoms with Gasteiger partial charge in [0.2, 0.25) is 0 Å². The molecule has 0 bridgehead atoms. The first kappa shape index (κ1) is 22.8. The number of halogens is 3. The van der Waals surface area contributed by atoms with Crippen LogP contribution in [-0.2, 0) is 13.0 Å². The largest absolute Gasteiger partial charge is 0.357 e. The quantitative estimate of drug-likeness (QED) is 0.340. The van der Waals surface area contributed by atoms with Crippen molar-refractivity contribution in [1.29, 1.82) is 0 Å². The van der Waals surface area contributed by atoms with Gasteiger partial charge in [-0.2, -0.15) is 0 Å². The minimum atomic E-state index is -0.521. The predicted molar refractivity (Wildman–Crippen MR) is 114 cm³/mol. The highest BCUT2D eigenvalue weighted by Crippen LogP contribution is 2.18. The summed E-state index contributed by atoms with van der Waals surface area (Å²) in [5.41, 5.74) is 1.16. The van der Waals surface area contributed by atoms with Gasteiger partial charge in [-0.1, -0.05) is 19.9 Å². The maximum absolute atomic E-state index is 13.6. The summed E-state index contributed by atoms with van der Waals surface area (Å²) in [6, 6.07) is 3.91. The fourth-order valence-electron chi connectivity index (χ4n) is 2.23. The van der Waals surface area contributed by atoms with Crippen LogP contribution in [-0.4, -0.2) is 24.0 Å². The first-order valence-corrected chi connectivity index (χ1v) is 9.28. The fourth-order valence-corrected chi connectivity index (χ4v) is 3.11. The Hall–Kier alpha value is -1.29. The molecule has 0 fully saturated rings. The maximum atomic E-state index is 13.6. The fraction of sp³-hybridized carbons (Fsp3) is 0.444. The maximum Gasteiger partial charge on any atom is 0.191 e. The molecule has 2 aromatic rings. The van der Waals surface area contributed by atoms with Crippen molar-refractivity contribution in [2.45, 2.75) is 39.7 Å². The molecule has 4 nitrogen and oxygen atoms in total. The number of guanidine groups is 1. The molecule has 0 saturated heterocycles. The van der Waals surface area contributed by atoms with Crippen molar-refractivity contribution >= 4 is 41.3 Å². The highest BCUT2D eigenvalue weighted by atomic mass is 127. The van der Waals surface area contributed by atoms with Gasteiger partial charge in [-0.05, 0) is 31.4 Å². The molecule has 1 heterocycles. The second-order valence-corrected chi connectivity index (χ2v) is 6.84. The molecule has 26 heavy (non-hydrogen) atoms. The van der Waals surface area contributed by atoms with E-state index in [0.717, 1.165) is 10.7 Å². The first-order chi connectivity index (χ1) is 12.0. The van der Waals surface area contributed by atoms with E-state index in [1.54, 1.807) is 11.3 Å². The lowest BCUT2D eigenvalue weighted by molar-refractivity contribution is 0.553. The number of aliphatic imine (C=N–C) groups is 1. The van der Waals surface area contributed by atoms with Gasteiger partial charge in [0.15, 0.2) is 5.96 Å². The first-order valence-electron chi connectivity index (χ1n) is 8.40. The molecule has 144 valence electrons. The standard InChI is InChI=1S/C18H24F2N4S.HI/c1-4-21-18(23-10-17-24-16(11-25-17)12(2)3)22-9-8-13-14(19)6-5-7-15(13)20;/h5-7,11-12H,4,8-10H2,1-3H3,(H2,21,22,23);1H. The van der Waals surface area contributed by atoms with Crippen LogP contribution in [0.1, 0.15) is 43.0 Å². The molecule has 0 unspecified atom stereocenters. The van der Waals surface area contributed by atoms with E-state index in [9.17, 15) is 8.78 Å². The van der Waals surface area contributed by atoms with Gasteiger partial charge in [0.25, 0.3) is 0 Å². The SMILES string of the molecule is CCNC(=NCc1nc(C(C)C)cs1)NCCc1c(F)cccc1F.I. The zero-order chi connectivity index (χ0) is 18.2. The zero-order valence-electron chi connectivity index (χ0n) is 15.2. The van der Waals surface area contributed by atoms with Gasteiger partial charge in [-0.25, -0.2) is 18.8 Å². The molecule has 8 heteroatoms. The Balaban J connectivity index is 0.00000338. The van der Waals surface area contributed by atoms with E-state index in [-0.39, 0.29) is 36.0 Å². The molecule has 0 aliphatic heterocycles. The lowest BCUT2D eigenvalue weighted by atomic mass is 10.1. The van der Waals surface area contributed by atoms with Gasteiger partial charge < -0.3 is 10.6 Å². The Morgan fingerprint density at radius 2 is 1.92 bits per heavy atom. The third-order valence-electron chi connectivity index (χ3n) is 3.61. The van der Waals surface area contributed by atoms with Gasteiger partial charge in [0, 0.05) is 24.0 Å². The predicted octanol–water partition coefficient (Wildman–Crippen LogP) is 4.46. The van der Waals surface area contributed by atoms with Crippen molar-refractivity contribution < 1.29 is 8.78 Å². The number of nitrogens with one attached hydrogen (secondary N) is 2. The summed E-state index contributed by atoms with van der Waals surface area (Å²) in [6.07, 6.45) is 0.248. The molecule has 0 aliphatic carbocycles. The zero-order valence-corrected chi connectivity index (χ0v) is 18.3. The third kappa shape index (κ3) is 6.79. The van der Waals surface area contributed by atoms with Crippen molar-refractivity contribution in [1.82, 2.24) is 15.6 Å². The summed E-state index contributed by atoms with van der Waals surface area (Å²) in [4.78, 5) is 9.04. The molecule has 0 radical (unpaired) electrons. The second kappa shape index (κ2) is 11.4. The number of aromatic nitrogens is 1. The lowest BCUT2D eigenvalue weighted by Crippen LogP contribution is -2.38. The molecule has 2 rings (SSSR count). The number of benzene rings is 1. The molecule has 0 spiro atoms.